The van der Waals surface area contributed by atoms with Gasteiger partial charge in [0.25, 0.3) is 0 Å². The Hall–Kier alpha value is -1.40. The van der Waals surface area contributed by atoms with Crippen LogP contribution in [0.5, 0.6) is 0 Å². The fraction of sp³-hybridized carbons (Fsp3) is 0.650. The summed E-state index contributed by atoms with van der Waals surface area (Å²) in [4.78, 5) is 13.0. The van der Waals surface area contributed by atoms with Crippen LogP contribution < -0.4 is 5.32 Å². The lowest BCUT2D eigenvalue weighted by Crippen LogP contribution is -2.46. The van der Waals surface area contributed by atoms with Crippen molar-refractivity contribution in [1.82, 2.24) is 9.62 Å². The minimum atomic E-state index is -3.46. The SMILES string of the molecule is Cc1ccc(S(=O)(=O)N2CCC(C(=O)N[C@H]3C[C@@H]4CC[C@@H]3C4)CC2)cc1. The molecule has 1 heterocycles. The molecule has 3 atom stereocenters. The fourth-order valence-electron chi connectivity index (χ4n) is 4.94. The van der Waals surface area contributed by atoms with Gasteiger partial charge in [-0.15, -0.1) is 0 Å². The molecule has 0 spiro atoms. The summed E-state index contributed by atoms with van der Waals surface area (Å²) in [6.07, 6.45) is 6.21. The van der Waals surface area contributed by atoms with Crippen LogP contribution in [0.1, 0.15) is 44.1 Å². The predicted octanol–water partition coefficient (Wildman–Crippen LogP) is 2.70. The van der Waals surface area contributed by atoms with Gasteiger partial charge in [-0.25, -0.2) is 8.42 Å². The Bertz CT molecular complexity index is 767. The predicted molar refractivity (Wildman–Crippen MR) is 100 cm³/mol. The Kier molecular flexibility index (Phi) is 4.82. The van der Waals surface area contributed by atoms with Gasteiger partial charge in [-0.3, -0.25) is 4.79 Å². The average Bonchev–Trinajstić information content (AvgIpc) is 3.25. The quantitative estimate of drug-likeness (QED) is 0.879. The molecule has 1 saturated heterocycles. The van der Waals surface area contributed by atoms with E-state index >= 15 is 0 Å². The summed E-state index contributed by atoms with van der Waals surface area (Å²) in [6.45, 7) is 2.78. The van der Waals surface area contributed by atoms with E-state index in [1.165, 1.54) is 23.6 Å². The number of nitrogens with one attached hydrogen (secondary N) is 1. The first-order chi connectivity index (χ1) is 12.4. The highest BCUT2D eigenvalue weighted by molar-refractivity contribution is 7.89. The van der Waals surface area contributed by atoms with Crippen LogP contribution in [-0.2, 0) is 14.8 Å². The van der Waals surface area contributed by atoms with Crippen LogP contribution >= 0.6 is 0 Å². The zero-order valence-corrected chi connectivity index (χ0v) is 16.2. The zero-order chi connectivity index (χ0) is 18.3. The summed E-state index contributed by atoms with van der Waals surface area (Å²) in [5, 5.41) is 3.26. The number of rotatable bonds is 4. The lowest BCUT2D eigenvalue weighted by Gasteiger charge is -2.32. The minimum absolute atomic E-state index is 0.0569. The molecule has 5 nitrogen and oxygen atoms in total. The van der Waals surface area contributed by atoms with Gasteiger partial charge in [-0.05, 0) is 63.0 Å². The normalized spacial score (nSPS) is 29.8. The number of aryl methyl sites for hydroxylation is 1. The van der Waals surface area contributed by atoms with Gasteiger partial charge in [-0.1, -0.05) is 24.1 Å². The Morgan fingerprint density at radius 2 is 1.73 bits per heavy atom. The monoisotopic (exact) mass is 376 g/mol. The molecule has 3 fully saturated rings. The number of benzene rings is 1. The van der Waals surface area contributed by atoms with E-state index in [0.29, 0.717) is 42.8 Å². The Morgan fingerprint density at radius 1 is 1.04 bits per heavy atom. The second-order valence-corrected chi connectivity index (χ2v) is 10.2. The third-order valence-electron chi connectivity index (χ3n) is 6.55. The molecule has 1 amide bonds. The topological polar surface area (TPSA) is 66.5 Å². The van der Waals surface area contributed by atoms with E-state index in [1.807, 2.05) is 19.1 Å². The fourth-order valence-corrected chi connectivity index (χ4v) is 6.41. The van der Waals surface area contributed by atoms with E-state index in [0.717, 1.165) is 17.9 Å². The van der Waals surface area contributed by atoms with Crippen LogP contribution in [0.3, 0.4) is 0 Å². The Morgan fingerprint density at radius 3 is 2.31 bits per heavy atom. The lowest BCUT2D eigenvalue weighted by molar-refractivity contribution is -0.127. The second-order valence-electron chi connectivity index (χ2n) is 8.28. The molecule has 3 aliphatic rings. The number of piperidine rings is 1. The molecule has 2 bridgehead atoms. The van der Waals surface area contributed by atoms with Gasteiger partial charge in [0.1, 0.15) is 0 Å². The third kappa shape index (κ3) is 3.41. The summed E-state index contributed by atoms with van der Waals surface area (Å²) in [5.74, 6) is 1.56. The van der Waals surface area contributed by atoms with Crippen LogP contribution in [0.2, 0.25) is 0 Å². The Balaban J connectivity index is 1.33. The number of sulfonamides is 1. The number of carbonyl (C=O) groups is 1. The van der Waals surface area contributed by atoms with Gasteiger partial charge in [0.05, 0.1) is 4.90 Å². The molecular formula is C20H28N2O3S. The van der Waals surface area contributed by atoms with Crippen LogP contribution in [0.25, 0.3) is 0 Å². The summed E-state index contributed by atoms with van der Waals surface area (Å²) in [7, 11) is -3.46. The highest BCUT2D eigenvalue weighted by Gasteiger charge is 2.41. The van der Waals surface area contributed by atoms with Gasteiger partial charge in [0, 0.05) is 25.0 Å². The van der Waals surface area contributed by atoms with Gasteiger partial charge in [0.15, 0.2) is 0 Å². The van der Waals surface area contributed by atoms with Crippen LogP contribution in [0.15, 0.2) is 29.2 Å². The maximum absolute atomic E-state index is 12.8. The van der Waals surface area contributed by atoms with Crippen molar-refractivity contribution in [3.05, 3.63) is 29.8 Å². The standard InChI is InChI=1S/C20H28N2O3S/c1-14-2-6-18(7-3-14)26(24,25)22-10-8-16(9-11-22)20(23)21-19-13-15-4-5-17(19)12-15/h2-3,6-7,15-17,19H,4-5,8-13H2,1H3,(H,21,23)/t15-,17-,19+/m1/s1. The molecule has 1 aromatic carbocycles. The van der Waals surface area contributed by atoms with Crippen molar-refractivity contribution in [3.63, 3.8) is 0 Å². The Labute approximate surface area is 156 Å². The van der Waals surface area contributed by atoms with Crippen molar-refractivity contribution in [2.45, 2.75) is 56.4 Å². The van der Waals surface area contributed by atoms with Crippen molar-refractivity contribution >= 4 is 15.9 Å². The summed E-state index contributed by atoms with van der Waals surface area (Å²) in [5.41, 5.74) is 1.04. The smallest absolute Gasteiger partial charge is 0.243 e. The molecule has 2 saturated carbocycles. The van der Waals surface area contributed by atoms with Gasteiger partial charge < -0.3 is 5.32 Å². The molecule has 26 heavy (non-hydrogen) atoms. The highest BCUT2D eigenvalue weighted by atomic mass is 32.2. The van der Waals surface area contributed by atoms with Crippen LogP contribution in [0.4, 0.5) is 0 Å². The van der Waals surface area contributed by atoms with Crippen molar-refractivity contribution in [2.24, 2.45) is 17.8 Å². The van der Waals surface area contributed by atoms with Crippen molar-refractivity contribution in [2.75, 3.05) is 13.1 Å². The number of fused-ring (bicyclic) bond motifs is 2. The third-order valence-corrected chi connectivity index (χ3v) is 8.46. The highest BCUT2D eigenvalue weighted by Crippen LogP contribution is 2.44. The molecule has 1 N–H and O–H groups in total. The van der Waals surface area contributed by atoms with E-state index < -0.39 is 10.0 Å². The van der Waals surface area contributed by atoms with E-state index in [4.69, 9.17) is 0 Å². The molecule has 0 unspecified atom stereocenters. The van der Waals surface area contributed by atoms with Crippen LogP contribution in [0, 0.1) is 24.7 Å². The molecule has 142 valence electrons. The first kappa shape index (κ1) is 18.0. The number of hydrogen-bond donors (Lipinski definition) is 1. The number of carbonyl (C=O) groups excluding carboxylic acids is 1. The molecule has 2 aliphatic carbocycles. The summed E-state index contributed by atoms with van der Waals surface area (Å²) < 4.78 is 27.1. The first-order valence-corrected chi connectivity index (χ1v) is 11.2. The molecule has 4 rings (SSSR count). The first-order valence-electron chi connectivity index (χ1n) is 9.80. The maximum Gasteiger partial charge on any atom is 0.243 e. The number of nitrogens with zero attached hydrogens (tertiary/aromatic N) is 1. The van der Waals surface area contributed by atoms with Gasteiger partial charge in [-0.2, -0.15) is 4.31 Å². The largest absolute Gasteiger partial charge is 0.353 e. The molecule has 6 heteroatoms. The second kappa shape index (κ2) is 6.97. The summed E-state index contributed by atoms with van der Waals surface area (Å²) in [6, 6.07) is 7.33. The van der Waals surface area contributed by atoms with Crippen molar-refractivity contribution < 1.29 is 13.2 Å². The average molecular weight is 377 g/mol. The van der Waals surface area contributed by atoms with Crippen molar-refractivity contribution in [3.8, 4) is 0 Å². The van der Waals surface area contributed by atoms with E-state index in [1.54, 1.807) is 12.1 Å². The van der Waals surface area contributed by atoms with E-state index in [-0.39, 0.29) is 11.8 Å². The maximum atomic E-state index is 12.8. The van der Waals surface area contributed by atoms with Crippen LogP contribution in [-0.4, -0.2) is 37.8 Å². The minimum Gasteiger partial charge on any atom is -0.353 e. The lowest BCUT2D eigenvalue weighted by atomic mass is 9.93. The molecule has 1 aliphatic heterocycles. The number of hydrogen-bond acceptors (Lipinski definition) is 3. The van der Waals surface area contributed by atoms with E-state index in [9.17, 15) is 13.2 Å². The summed E-state index contributed by atoms with van der Waals surface area (Å²) >= 11 is 0. The molecule has 1 aromatic rings. The zero-order valence-electron chi connectivity index (χ0n) is 15.4. The van der Waals surface area contributed by atoms with Gasteiger partial charge in [0.2, 0.25) is 15.9 Å². The van der Waals surface area contributed by atoms with Gasteiger partial charge >= 0.3 is 0 Å². The number of amides is 1. The molecular weight excluding hydrogens is 348 g/mol. The molecule has 0 radical (unpaired) electrons. The molecule has 0 aromatic heterocycles. The van der Waals surface area contributed by atoms with E-state index in [2.05, 4.69) is 5.32 Å². The van der Waals surface area contributed by atoms with Crippen molar-refractivity contribution in [1.29, 1.82) is 0 Å².